The van der Waals surface area contributed by atoms with E-state index >= 15 is 0 Å². The van der Waals surface area contributed by atoms with Gasteiger partial charge in [0.05, 0.1) is 32.0 Å². The van der Waals surface area contributed by atoms with Gasteiger partial charge in [-0.1, -0.05) is 297 Å². The van der Waals surface area contributed by atoms with Crippen molar-refractivity contribution >= 4 is 5.91 Å². The molecule has 12 atom stereocenters. The molecule has 0 aromatic heterocycles. The molecule has 0 aromatic rings. The largest absolute Gasteiger partial charge is 0.394 e. The minimum absolute atomic E-state index is 0.252. The Kier molecular flexibility index (Phi) is 56.8. The number of rotatable bonds is 61. The molecule has 2 heterocycles. The number of aliphatic hydroxyl groups is 8. The van der Waals surface area contributed by atoms with Gasteiger partial charge in [0.1, 0.15) is 48.8 Å². The minimum atomic E-state index is -1.80. The van der Waals surface area contributed by atoms with Gasteiger partial charge in [0.25, 0.3) is 0 Å². The van der Waals surface area contributed by atoms with Crippen molar-refractivity contribution in [3.8, 4) is 0 Å². The van der Waals surface area contributed by atoms with E-state index in [1.807, 2.05) is 6.08 Å². The van der Waals surface area contributed by atoms with Crippen LogP contribution in [-0.2, 0) is 23.7 Å². The summed E-state index contributed by atoms with van der Waals surface area (Å²) in [6.45, 7) is 2.69. The Labute approximate surface area is 560 Å². The van der Waals surface area contributed by atoms with Crippen LogP contribution in [0.2, 0.25) is 0 Å². The maximum atomic E-state index is 13.4. The van der Waals surface area contributed by atoms with Crippen molar-refractivity contribution < 1.29 is 64.6 Å². The van der Waals surface area contributed by atoms with Crippen LogP contribution in [0.1, 0.15) is 296 Å². The van der Waals surface area contributed by atoms with E-state index in [1.165, 1.54) is 186 Å². The van der Waals surface area contributed by atoms with Crippen molar-refractivity contribution in [3.63, 3.8) is 0 Å². The lowest BCUT2D eigenvalue weighted by molar-refractivity contribution is -0.359. The monoisotopic (exact) mass is 1300 g/mol. The van der Waals surface area contributed by atoms with Crippen LogP contribution in [0.25, 0.3) is 0 Å². The quantitative estimate of drug-likeness (QED) is 0.0204. The minimum Gasteiger partial charge on any atom is -0.394 e. The zero-order chi connectivity index (χ0) is 66.6. The highest BCUT2D eigenvalue weighted by Crippen LogP contribution is 2.30. The Morgan fingerprint density at radius 3 is 1.20 bits per heavy atom. The molecule has 532 valence electrons. The predicted molar refractivity (Wildman–Crippen MR) is 378 cm³/mol. The average Bonchev–Trinajstić information content (AvgIpc) is 0.830. The van der Waals surface area contributed by atoms with Crippen molar-refractivity contribution in [3.05, 3.63) is 97.2 Å². The molecule has 12 unspecified atom stereocenters. The number of hydrogen-bond acceptors (Lipinski definition) is 13. The zero-order valence-electron chi connectivity index (χ0n) is 58.0. The summed E-state index contributed by atoms with van der Waals surface area (Å²) in [5.41, 5.74) is 0. The third kappa shape index (κ3) is 44.6. The molecule has 2 aliphatic heterocycles. The maximum Gasteiger partial charge on any atom is 0.220 e. The summed E-state index contributed by atoms with van der Waals surface area (Å²) in [4.78, 5) is 13.4. The van der Waals surface area contributed by atoms with Crippen molar-refractivity contribution in [1.82, 2.24) is 5.32 Å². The Morgan fingerprint density at radius 2 is 0.761 bits per heavy atom. The fourth-order valence-electron chi connectivity index (χ4n) is 11.8. The van der Waals surface area contributed by atoms with Crippen LogP contribution < -0.4 is 5.32 Å². The summed E-state index contributed by atoms with van der Waals surface area (Å²) >= 11 is 0. The highest BCUT2D eigenvalue weighted by atomic mass is 16.7. The summed E-state index contributed by atoms with van der Waals surface area (Å²) in [6, 6.07) is -0.943. The molecule has 1 amide bonds. The third-order valence-corrected chi connectivity index (χ3v) is 17.7. The van der Waals surface area contributed by atoms with Gasteiger partial charge in [-0.05, 0) is 89.9 Å². The molecule has 9 N–H and O–H groups in total. The topological polar surface area (TPSA) is 228 Å². The van der Waals surface area contributed by atoms with Gasteiger partial charge in [-0.15, -0.1) is 0 Å². The van der Waals surface area contributed by atoms with Gasteiger partial charge in [0.2, 0.25) is 5.91 Å². The lowest BCUT2D eigenvalue weighted by Gasteiger charge is -2.46. The SMILES string of the molecule is CC/C=C\C/C=C\C/C=C\C/C=C\C/C=C\CCCCCCCCCCCCCCCCCCCCCC(=O)NC(COC1OC(CO)C(OC2OC(CO)C(O)C(O)C2O)C(O)C1O)C(O)/C=C/CC/C=C/CC/C=C/CCCCCCCCCCCCCCC. The summed E-state index contributed by atoms with van der Waals surface area (Å²) in [7, 11) is 0. The summed E-state index contributed by atoms with van der Waals surface area (Å²) in [6.07, 6.45) is 70.5. The summed E-state index contributed by atoms with van der Waals surface area (Å²) < 4.78 is 22.9. The fraction of sp³-hybridized carbons (Fsp3) is 0.782. The first-order chi connectivity index (χ1) is 45.1. The van der Waals surface area contributed by atoms with Crippen LogP contribution in [0.3, 0.4) is 0 Å². The second-order valence-corrected chi connectivity index (χ2v) is 26.0. The number of allylic oxidation sites excluding steroid dienone is 15. The molecular weight excluding hydrogens is 1160 g/mol. The molecule has 0 saturated carbocycles. The Morgan fingerprint density at radius 1 is 0.402 bits per heavy atom. The van der Waals surface area contributed by atoms with Gasteiger partial charge in [0, 0.05) is 6.42 Å². The molecule has 92 heavy (non-hydrogen) atoms. The molecule has 2 rings (SSSR count). The molecule has 2 fully saturated rings. The number of hydrogen-bond donors (Lipinski definition) is 9. The summed E-state index contributed by atoms with van der Waals surface area (Å²) in [5, 5.41) is 87.5. The van der Waals surface area contributed by atoms with E-state index in [0.29, 0.717) is 12.8 Å². The van der Waals surface area contributed by atoms with E-state index in [2.05, 4.69) is 104 Å². The molecule has 2 aliphatic rings. The van der Waals surface area contributed by atoms with E-state index in [0.717, 1.165) is 77.0 Å². The van der Waals surface area contributed by atoms with Crippen molar-refractivity contribution in [2.24, 2.45) is 0 Å². The van der Waals surface area contributed by atoms with Gasteiger partial charge in [-0.2, -0.15) is 0 Å². The lowest BCUT2D eigenvalue weighted by atomic mass is 9.97. The van der Waals surface area contributed by atoms with Gasteiger partial charge < -0.3 is 65.1 Å². The van der Waals surface area contributed by atoms with Crippen molar-refractivity contribution in [2.75, 3.05) is 19.8 Å². The molecular formula is C78H137NO13. The van der Waals surface area contributed by atoms with E-state index in [-0.39, 0.29) is 18.9 Å². The molecule has 14 nitrogen and oxygen atoms in total. The van der Waals surface area contributed by atoms with Crippen LogP contribution in [0, 0.1) is 0 Å². The molecule has 14 heteroatoms. The first-order valence-electron chi connectivity index (χ1n) is 37.5. The van der Waals surface area contributed by atoms with E-state index in [9.17, 15) is 45.6 Å². The maximum absolute atomic E-state index is 13.4. The third-order valence-electron chi connectivity index (χ3n) is 17.7. The first kappa shape index (κ1) is 85.0. The number of ether oxygens (including phenoxy) is 4. The molecule has 2 saturated heterocycles. The van der Waals surface area contributed by atoms with Crippen LogP contribution in [-0.4, -0.2) is 140 Å². The normalized spacial score (nSPS) is 23.2. The zero-order valence-corrected chi connectivity index (χ0v) is 58.0. The van der Waals surface area contributed by atoms with Crippen molar-refractivity contribution in [1.29, 1.82) is 0 Å². The van der Waals surface area contributed by atoms with Crippen LogP contribution in [0.5, 0.6) is 0 Å². The number of nitrogens with one attached hydrogen (secondary N) is 1. The Hall–Kier alpha value is -3.09. The second kappa shape index (κ2) is 61.5. The van der Waals surface area contributed by atoms with E-state index in [1.54, 1.807) is 6.08 Å². The van der Waals surface area contributed by atoms with E-state index < -0.39 is 86.8 Å². The molecule has 0 bridgehead atoms. The Balaban J connectivity index is 1.64. The van der Waals surface area contributed by atoms with Gasteiger partial charge >= 0.3 is 0 Å². The number of amides is 1. The molecule has 0 aromatic carbocycles. The van der Waals surface area contributed by atoms with Gasteiger partial charge in [-0.25, -0.2) is 0 Å². The smallest absolute Gasteiger partial charge is 0.220 e. The average molecular weight is 1300 g/mol. The summed E-state index contributed by atoms with van der Waals surface area (Å²) in [5.74, 6) is -0.252. The van der Waals surface area contributed by atoms with Crippen LogP contribution in [0.15, 0.2) is 97.2 Å². The number of unbranched alkanes of at least 4 members (excludes halogenated alkanes) is 34. The molecule has 0 aliphatic carbocycles. The molecule has 0 spiro atoms. The standard InChI is InChI=1S/C78H137NO13/c1-3-5-7-9-11-13-15-17-19-21-23-25-27-28-29-30-31-32-33-34-35-36-37-38-40-42-44-46-48-50-52-54-56-58-60-62-70(83)79-66(65-89-77-75(88)73(86)76(69(64-81)91-77)92-78-74(87)72(85)71(84)68(63-80)90-78)67(82)61-59-57-55-53-51-49-47-45-43-41-39-26-24-22-20-18-16-14-12-10-8-6-4-2/h5,7,11,13,17,19,23,25,28-29,43,45,51,53,59,61,66-69,71-78,80-82,84-88H,3-4,6,8-10,12,14-16,18,20-22,24,26-27,30-42,44,46-50,52,54-58,60,62-65H2,1-2H3,(H,79,83)/b7-5-,13-11-,19-17-,25-23-,29-28-,45-43+,53-51+,61-59+. The molecule has 0 radical (unpaired) electrons. The van der Waals surface area contributed by atoms with Crippen LogP contribution >= 0.6 is 0 Å². The van der Waals surface area contributed by atoms with Gasteiger partial charge in [-0.3, -0.25) is 4.79 Å². The van der Waals surface area contributed by atoms with Crippen molar-refractivity contribution in [2.45, 2.75) is 370 Å². The number of aliphatic hydroxyl groups excluding tert-OH is 8. The highest BCUT2D eigenvalue weighted by Gasteiger charge is 2.51. The predicted octanol–water partition coefficient (Wildman–Crippen LogP) is 16.1. The second-order valence-electron chi connectivity index (χ2n) is 26.0. The fourth-order valence-corrected chi connectivity index (χ4v) is 11.8. The Bertz CT molecular complexity index is 1920. The first-order valence-corrected chi connectivity index (χ1v) is 37.5. The lowest BCUT2D eigenvalue weighted by Crippen LogP contribution is -2.65. The van der Waals surface area contributed by atoms with Gasteiger partial charge in [0.15, 0.2) is 12.6 Å². The highest BCUT2D eigenvalue weighted by molar-refractivity contribution is 5.76. The van der Waals surface area contributed by atoms with E-state index in [4.69, 9.17) is 18.9 Å². The number of carbonyl (C=O) groups is 1. The number of carbonyl (C=O) groups excluding carboxylic acids is 1. The van der Waals surface area contributed by atoms with Crippen LogP contribution in [0.4, 0.5) is 0 Å².